The maximum absolute atomic E-state index is 11.1. The first-order chi connectivity index (χ1) is 10.4. The second-order valence-corrected chi connectivity index (χ2v) is 7.15. The first-order valence-electron chi connectivity index (χ1n) is 7.70. The van der Waals surface area contributed by atoms with E-state index in [0.717, 1.165) is 10.9 Å². The van der Waals surface area contributed by atoms with Crippen molar-refractivity contribution in [2.24, 2.45) is 5.92 Å². The first-order valence-corrected chi connectivity index (χ1v) is 7.70. The Hall–Kier alpha value is -1.94. The van der Waals surface area contributed by atoms with Crippen molar-refractivity contribution in [2.75, 3.05) is 6.54 Å². The van der Waals surface area contributed by atoms with Crippen LogP contribution < -0.4 is 5.32 Å². The highest BCUT2D eigenvalue weighted by molar-refractivity contribution is 5.86. The van der Waals surface area contributed by atoms with Crippen LogP contribution in [0.1, 0.15) is 44.4 Å². The number of benzene rings is 1. The molecule has 2 N–H and O–H groups in total. The van der Waals surface area contributed by atoms with Crippen LogP contribution in [0, 0.1) is 5.92 Å². The second kappa shape index (κ2) is 5.36. The van der Waals surface area contributed by atoms with Crippen molar-refractivity contribution in [2.45, 2.75) is 38.6 Å². The van der Waals surface area contributed by atoms with Crippen molar-refractivity contribution in [3.05, 3.63) is 41.7 Å². The average molecular weight is 298 g/mol. The fourth-order valence-corrected chi connectivity index (χ4v) is 3.19. The van der Waals surface area contributed by atoms with Crippen molar-refractivity contribution in [3.63, 3.8) is 0 Å². The summed E-state index contributed by atoms with van der Waals surface area (Å²) in [7, 11) is 0. The lowest BCUT2D eigenvalue weighted by molar-refractivity contribution is -0.141. The molecule has 0 amide bonds. The van der Waals surface area contributed by atoms with E-state index in [2.05, 4.69) is 49.3 Å². The predicted octanol–water partition coefficient (Wildman–Crippen LogP) is 3.27. The van der Waals surface area contributed by atoms with Gasteiger partial charge in [0.05, 0.1) is 5.92 Å². The average Bonchev–Trinajstić information content (AvgIpc) is 2.95. The number of aliphatic carboxylic acids is 1. The highest BCUT2D eigenvalue weighted by Crippen LogP contribution is 2.33. The lowest BCUT2D eigenvalue weighted by Crippen LogP contribution is -2.17. The smallest absolute Gasteiger partial charge is 0.307 e. The van der Waals surface area contributed by atoms with Crippen LogP contribution in [0.5, 0.6) is 0 Å². The van der Waals surface area contributed by atoms with Crippen molar-refractivity contribution in [1.82, 2.24) is 10.3 Å². The number of carboxylic acids is 1. The lowest BCUT2D eigenvalue weighted by Gasteiger charge is -2.21. The molecule has 0 bridgehead atoms. The molecule has 1 saturated heterocycles. The van der Waals surface area contributed by atoms with E-state index in [1.165, 1.54) is 10.9 Å². The Morgan fingerprint density at radius 1 is 1.32 bits per heavy atom. The standard InChI is InChI=1S/C18H22N2O2/c1-18(2,3)15-10-19-8-12-6-11(4-5-14(12)15)16-7-13(9-20-16)17(21)22/h4-6,8,10,13,16,20H,7,9H2,1-3H3,(H,21,22). The van der Waals surface area contributed by atoms with Gasteiger partial charge in [-0.05, 0) is 34.4 Å². The van der Waals surface area contributed by atoms with Crippen LogP contribution in [-0.4, -0.2) is 22.6 Å². The van der Waals surface area contributed by atoms with Crippen LogP contribution in [0.4, 0.5) is 0 Å². The number of hydrogen-bond donors (Lipinski definition) is 2. The summed E-state index contributed by atoms with van der Waals surface area (Å²) in [5.41, 5.74) is 2.43. The second-order valence-electron chi connectivity index (χ2n) is 7.15. The number of nitrogens with zero attached hydrogens (tertiary/aromatic N) is 1. The summed E-state index contributed by atoms with van der Waals surface area (Å²) in [4.78, 5) is 15.5. The van der Waals surface area contributed by atoms with Crippen LogP contribution in [0.25, 0.3) is 10.8 Å². The SMILES string of the molecule is CC(C)(C)c1cncc2cc(C3CC(C(=O)O)CN3)ccc12. The summed E-state index contributed by atoms with van der Waals surface area (Å²) < 4.78 is 0. The molecule has 2 aromatic rings. The van der Waals surface area contributed by atoms with E-state index < -0.39 is 5.97 Å². The number of pyridine rings is 1. The van der Waals surface area contributed by atoms with E-state index in [1.807, 2.05) is 12.4 Å². The molecule has 1 aliphatic heterocycles. The summed E-state index contributed by atoms with van der Waals surface area (Å²) in [5.74, 6) is -1.01. The minimum Gasteiger partial charge on any atom is -0.481 e. The molecule has 0 radical (unpaired) electrons. The number of nitrogens with one attached hydrogen (secondary N) is 1. The van der Waals surface area contributed by atoms with Gasteiger partial charge in [-0.1, -0.05) is 32.9 Å². The molecule has 0 saturated carbocycles. The molecule has 116 valence electrons. The fourth-order valence-electron chi connectivity index (χ4n) is 3.19. The van der Waals surface area contributed by atoms with Gasteiger partial charge < -0.3 is 10.4 Å². The van der Waals surface area contributed by atoms with Gasteiger partial charge >= 0.3 is 5.97 Å². The Balaban J connectivity index is 1.96. The third-order valence-corrected chi connectivity index (χ3v) is 4.47. The summed E-state index contributed by atoms with van der Waals surface area (Å²) in [6.45, 7) is 7.10. The maximum atomic E-state index is 11.1. The molecule has 4 nitrogen and oxygen atoms in total. The van der Waals surface area contributed by atoms with Crippen LogP contribution >= 0.6 is 0 Å². The Kier molecular flexibility index (Phi) is 3.65. The number of hydrogen-bond acceptors (Lipinski definition) is 3. The van der Waals surface area contributed by atoms with Gasteiger partial charge in [-0.3, -0.25) is 9.78 Å². The van der Waals surface area contributed by atoms with Crippen molar-refractivity contribution in [1.29, 1.82) is 0 Å². The summed E-state index contributed by atoms with van der Waals surface area (Å²) in [6, 6.07) is 6.51. The zero-order valence-electron chi connectivity index (χ0n) is 13.3. The molecule has 1 aliphatic rings. The van der Waals surface area contributed by atoms with Gasteiger partial charge in [-0.2, -0.15) is 0 Å². The summed E-state index contributed by atoms with van der Waals surface area (Å²) in [6.07, 6.45) is 4.47. The molecule has 1 fully saturated rings. The van der Waals surface area contributed by atoms with Crippen LogP contribution in [0.2, 0.25) is 0 Å². The Bertz CT molecular complexity index is 719. The first kappa shape index (κ1) is 15.0. The molecule has 22 heavy (non-hydrogen) atoms. The van der Waals surface area contributed by atoms with Gasteiger partial charge in [-0.25, -0.2) is 0 Å². The van der Waals surface area contributed by atoms with Gasteiger partial charge in [0.15, 0.2) is 0 Å². The van der Waals surface area contributed by atoms with Gasteiger partial charge in [-0.15, -0.1) is 0 Å². The van der Waals surface area contributed by atoms with Crippen LogP contribution in [-0.2, 0) is 10.2 Å². The molecule has 3 rings (SSSR count). The van der Waals surface area contributed by atoms with E-state index in [-0.39, 0.29) is 17.4 Å². The van der Waals surface area contributed by atoms with Gasteiger partial charge in [0.2, 0.25) is 0 Å². The highest BCUT2D eigenvalue weighted by Gasteiger charge is 2.30. The molecule has 1 aromatic heterocycles. The molecule has 0 spiro atoms. The summed E-state index contributed by atoms with van der Waals surface area (Å²) >= 11 is 0. The molecule has 2 atom stereocenters. The Labute approximate surface area is 130 Å². The van der Waals surface area contributed by atoms with E-state index in [0.29, 0.717) is 13.0 Å². The minimum absolute atomic E-state index is 0.0496. The van der Waals surface area contributed by atoms with Crippen LogP contribution in [0.15, 0.2) is 30.6 Å². The van der Waals surface area contributed by atoms with E-state index in [4.69, 9.17) is 5.11 Å². The Morgan fingerprint density at radius 3 is 2.73 bits per heavy atom. The third kappa shape index (κ3) is 2.71. The lowest BCUT2D eigenvalue weighted by atomic mass is 9.84. The van der Waals surface area contributed by atoms with E-state index in [9.17, 15) is 4.79 Å². The minimum atomic E-state index is -0.715. The zero-order valence-corrected chi connectivity index (χ0v) is 13.3. The van der Waals surface area contributed by atoms with Crippen molar-refractivity contribution in [3.8, 4) is 0 Å². The number of fused-ring (bicyclic) bond motifs is 1. The largest absolute Gasteiger partial charge is 0.481 e. The summed E-state index contributed by atoms with van der Waals surface area (Å²) in [5, 5.41) is 14.8. The fraction of sp³-hybridized carbons (Fsp3) is 0.444. The molecule has 2 heterocycles. The quantitative estimate of drug-likeness (QED) is 0.893. The number of carbonyl (C=O) groups is 1. The van der Waals surface area contributed by atoms with Gasteiger partial charge in [0.25, 0.3) is 0 Å². The Morgan fingerprint density at radius 2 is 2.09 bits per heavy atom. The predicted molar refractivity (Wildman–Crippen MR) is 86.9 cm³/mol. The molecular weight excluding hydrogens is 276 g/mol. The van der Waals surface area contributed by atoms with E-state index >= 15 is 0 Å². The van der Waals surface area contributed by atoms with Gasteiger partial charge in [0, 0.05) is 30.4 Å². The molecule has 4 heteroatoms. The normalized spacial score (nSPS) is 22.1. The molecular formula is C18H22N2O2. The molecule has 0 aliphatic carbocycles. The monoisotopic (exact) mass is 298 g/mol. The maximum Gasteiger partial charge on any atom is 0.307 e. The molecule has 1 aromatic carbocycles. The van der Waals surface area contributed by atoms with Crippen molar-refractivity contribution < 1.29 is 9.90 Å². The highest BCUT2D eigenvalue weighted by atomic mass is 16.4. The zero-order chi connectivity index (χ0) is 15.9. The number of rotatable bonds is 2. The topological polar surface area (TPSA) is 62.2 Å². The third-order valence-electron chi connectivity index (χ3n) is 4.47. The van der Waals surface area contributed by atoms with Crippen LogP contribution in [0.3, 0.4) is 0 Å². The van der Waals surface area contributed by atoms with Gasteiger partial charge in [0.1, 0.15) is 0 Å². The van der Waals surface area contributed by atoms with E-state index in [1.54, 1.807) is 0 Å². The number of aromatic nitrogens is 1. The van der Waals surface area contributed by atoms with Crippen molar-refractivity contribution >= 4 is 16.7 Å². The number of carboxylic acid groups (broad SMARTS) is 1. The molecule has 2 unspecified atom stereocenters.